The summed E-state index contributed by atoms with van der Waals surface area (Å²) in [5.74, 6) is 2.64. The molecule has 1 aromatic carbocycles. The number of rotatable bonds is 2. The second-order valence-corrected chi connectivity index (χ2v) is 5.23. The topological polar surface area (TPSA) is 47.6 Å². The number of hydrogen-bond acceptors (Lipinski definition) is 3. The molecule has 0 aromatic heterocycles. The molecule has 3 aliphatic rings. The van der Waals surface area contributed by atoms with Crippen molar-refractivity contribution in [1.82, 2.24) is 5.32 Å². The summed E-state index contributed by atoms with van der Waals surface area (Å²) in [7, 11) is 0. The van der Waals surface area contributed by atoms with Crippen molar-refractivity contribution in [3.8, 4) is 11.5 Å². The average Bonchev–Trinajstić information content (AvgIpc) is 3.17. The number of hydrogen-bond donors (Lipinski definition) is 1. The third-order valence-electron chi connectivity index (χ3n) is 3.85. The van der Waals surface area contributed by atoms with Crippen molar-refractivity contribution in [3.63, 3.8) is 0 Å². The van der Waals surface area contributed by atoms with E-state index in [0.717, 1.165) is 28.7 Å². The molecule has 4 nitrogen and oxygen atoms in total. The number of carbonyl (C=O) groups excluding carboxylic acids is 1. The highest BCUT2D eigenvalue weighted by Crippen LogP contribution is 2.38. The van der Waals surface area contributed by atoms with Crippen molar-refractivity contribution in [2.45, 2.75) is 12.3 Å². The molecule has 1 amide bonds. The lowest BCUT2D eigenvalue weighted by molar-refractivity contribution is -0.120. The smallest absolute Gasteiger partial charge is 0.231 e. The van der Waals surface area contributed by atoms with Gasteiger partial charge in [-0.3, -0.25) is 4.79 Å². The van der Waals surface area contributed by atoms with Gasteiger partial charge in [0.2, 0.25) is 12.7 Å². The van der Waals surface area contributed by atoms with E-state index in [1.165, 1.54) is 0 Å². The third kappa shape index (κ3) is 2.39. The lowest BCUT2D eigenvalue weighted by atomic mass is 9.88. The molecule has 1 saturated carbocycles. The van der Waals surface area contributed by atoms with Gasteiger partial charge in [-0.1, -0.05) is 12.1 Å². The number of carbonyl (C=O) groups is 1. The van der Waals surface area contributed by atoms with Crippen LogP contribution in [0.2, 0.25) is 0 Å². The zero-order chi connectivity index (χ0) is 14.2. The van der Waals surface area contributed by atoms with Gasteiger partial charge >= 0.3 is 0 Å². The SMILES string of the molecule is O=C1CC(c2ccc3c(c2)OCO3)C=C([C]2[CH][CH][CH][CH]2)N1. The minimum atomic E-state index is 0.0383. The fraction of sp³-hybridized carbons (Fsp3) is 0.176. The maximum Gasteiger partial charge on any atom is 0.231 e. The van der Waals surface area contributed by atoms with Gasteiger partial charge in [-0.15, -0.1) is 0 Å². The summed E-state index contributed by atoms with van der Waals surface area (Å²) in [6, 6.07) is 5.86. The predicted molar refractivity (Wildman–Crippen MR) is 76.6 cm³/mol. The van der Waals surface area contributed by atoms with E-state index < -0.39 is 0 Å². The van der Waals surface area contributed by atoms with Crippen LogP contribution in [0, 0.1) is 31.6 Å². The molecule has 0 spiro atoms. The van der Waals surface area contributed by atoms with Gasteiger partial charge in [0, 0.05) is 24.0 Å². The average molecular weight is 280 g/mol. The van der Waals surface area contributed by atoms with Crippen molar-refractivity contribution in [2.75, 3.05) is 6.79 Å². The van der Waals surface area contributed by atoms with Gasteiger partial charge in [-0.25, -0.2) is 0 Å². The van der Waals surface area contributed by atoms with Crippen LogP contribution in [0.4, 0.5) is 0 Å². The normalized spacial score (nSPS) is 24.9. The molecule has 1 atom stereocenters. The van der Waals surface area contributed by atoms with Gasteiger partial charge < -0.3 is 14.8 Å². The summed E-state index contributed by atoms with van der Waals surface area (Å²) >= 11 is 0. The van der Waals surface area contributed by atoms with Gasteiger partial charge in [-0.05, 0) is 43.4 Å². The minimum absolute atomic E-state index is 0.0383. The number of amides is 1. The molecule has 1 aromatic rings. The molecular weight excluding hydrogens is 266 g/mol. The van der Waals surface area contributed by atoms with Crippen LogP contribution >= 0.6 is 0 Å². The lowest BCUT2D eigenvalue weighted by Crippen LogP contribution is -2.31. The van der Waals surface area contributed by atoms with Gasteiger partial charge in [0.25, 0.3) is 0 Å². The monoisotopic (exact) mass is 280 g/mol. The Balaban J connectivity index is 1.63. The van der Waals surface area contributed by atoms with Crippen molar-refractivity contribution in [1.29, 1.82) is 0 Å². The number of fused-ring (bicyclic) bond motifs is 1. The lowest BCUT2D eigenvalue weighted by Gasteiger charge is -2.25. The first-order valence-corrected chi connectivity index (χ1v) is 6.93. The Morgan fingerprint density at radius 2 is 1.90 bits per heavy atom. The molecule has 2 aliphatic heterocycles. The van der Waals surface area contributed by atoms with Gasteiger partial charge in [-0.2, -0.15) is 0 Å². The van der Waals surface area contributed by atoms with E-state index in [0.29, 0.717) is 6.42 Å². The number of benzene rings is 1. The second kappa shape index (κ2) is 5.10. The Hall–Kier alpha value is -1.97. The first kappa shape index (κ1) is 12.7. The van der Waals surface area contributed by atoms with Crippen LogP contribution in [0.1, 0.15) is 17.9 Å². The molecule has 5 radical (unpaired) electrons. The quantitative estimate of drug-likeness (QED) is 0.904. The van der Waals surface area contributed by atoms with E-state index in [9.17, 15) is 4.79 Å². The summed E-state index contributed by atoms with van der Waals surface area (Å²) in [5.41, 5.74) is 1.94. The van der Waals surface area contributed by atoms with E-state index in [4.69, 9.17) is 9.47 Å². The van der Waals surface area contributed by atoms with Crippen LogP contribution in [-0.4, -0.2) is 12.7 Å². The Bertz CT molecular complexity index is 602. The Morgan fingerprint density at radius 1 is 1.10 bits per heavy atom. The summed E-state index contributed by atoms with van der Waals surface area (Å²) in [6.07, 6.45) is 10.5. The molecule has 0 bridgehead atoms. The maximum atomic E-state index is 12.0. The Kier molecular flexibility index (Phi) is 3.09. The summed E-state index contributed by atoms with van der Waals surface area (Å²) in [5, 5.41) is 2.94. The minimum Gasteiger partial charge on any atom is -0.454 e. The Labute approximate surface area is 124 Å². The highest BCUT2D eigenvalue weighted by Gasteiger charge is 2.29. The molecule has 1 aliphatic carbocycles. The predicted octanol–water partition coefficient (Wildman–Crippen LogP) is 2.31. The maximum absolute atomic E-state index is 12.0. The van der Waals surface area contributed by atoms with E-state index >= 15 is 0 Å². The standard InChI is InChI=1S/C17H14NO3/c19-17-9-13(7-14(18-17)11-3-1-2-4-11)12-5-6-15-16(8-12)21-10-20-15/h1-8,13H,9-10H2,(H,18,19). The first-order valence-electron chi connectivity index (χ1n) is 6.93. The summed E-state index contributed by atoms with van der Waals surface area (Å²) in [4.78, 5) is 12.0. The van der Waals surface area contributed by atoms with E-state index in [1.54, 1.807) is 0 Å². The van der Waals surface area contributed by atoms with Crippen molar-refractivity contribution < 1.29 is 14.3 Å². The van der Waals surface area contributed by atoms with Gasteiger partial charge in [0.15, 0.2) is 11.5 Å². The number of allylic oxidation sites excluding steroid dienone is 2. The van der Waals surface area contributed by atoms with E-state index in [1.807, 2.05) is 43.9 Å². The van der Waals surface area contributed by atoms with Gasteiger partial charge in [0.05, 0.1) is 0 Å². The third-order valence-corrected chi connectivity index (χ3v) is 3.85. The molecule has 105 valence electrons. The molecule has 1 N–H and O–H groups in total. The molecule has 1 fully saturated rings. The molecule has 4 heteroatoms. The van der Waals surface area contributed by atoms with Crippen LogP contribution in [0.5, 0.6) is 11.5 Å². The highest BCUT2D eigenvalue weighted by molar-refractivity contribution is 5.82. The largest absolute Gasteiger partial charge is 0.454 e. The first-order chi connectivity index (χ1) is 10.3. The molecule has 4 rings (SSSR count). The number of ether oxygens (including phenoxy) is 2. The van der Waals surface area contributed by atoms with Crippen LogP contribution in [0.25, 0.3) is 0 Å². The molecule has 0 saturated heterocycles. The van der Waals surface area contributed by atoms with Crippen molar-refractivity contribution >= 4 is 5.91 Å². The van der Waals surface area contributed by atoms with Gasteiger partial charge in [0.1, 0.15) is 0 Å². The van der Waals surface area contributed by atoms with Crippen LogP contribution in [0.3, 0.4) is 0 Å². The number of nitrogens with one attached hydrogen (secondary N) is 1. The second-order valence-electron chi connectivity index (χ2n) is 5.23. The fourth-order valence-corrected chi connectivity index (χ4v) is 2.78. The molecule has 21 heavy (non-hydrogen) atoms. The highest BCUT2D eigenvalue weighted by atomic mass is 16.7. The molecule has 2 heterocycles. The zero-order valence-corrected chi connectivity index (χ0v) is 11.3. The van der Waals surface area contributed by atoms with Crippen LogP contribution in [-0.2, 0) is 4.79 Å². The molecular formula is C17H14NO3. The van der Waals surface area contributed by atoms with E-state index in [-0.39, 0.29) is 18.6 Å². The fourth-order valence-electron chi connectivity index (χ4n) is 2.78. The van der Waals surface area contributed by atoms with Crippen molar-refractivity contribution in [3.05, 3.63) is 67.1 Å². The summed E-state index contributed by atoms with van der Waals surface area (Å²) in [6.45, 7) is 0.262. The van der Waals surface area contributed by atoms with E-state index in [2.05, 4.69) is 11.4 Å². The zero-order valence-electron chi connectivity index (χ0n) is 11.3. The molecule has 1 unspecified atom stereocenters. The van der Waals surface area contributed by atoms with Crippen molar-refractivity contribution in [2.24, 2.45) is 0 Å². The van der Waals surface area contributed by atoms with Crippen LogP contribution in [0.15, 0.2) is 30.0 Å². The Morgan fingerprint density at radius 3 is 2.76 bits per heavy atom. The summed E-state index contributed by atoms with van der Waals surface area (Å²) < 4.78 is 10.7. The van der Waals surface area contributed by atoms with Crippen LogP contribution < -0.4 is 14.8 Å².